The van der Waals surface area contributed by atoms with Crippen LogP contribution in [-0.2, 0) is 17.8 Å². The lowest BCUT2D eigenvalue weighted by molar-refractivity contribution is -0.116. The Hall–Kier alpha value is -2.93. The topological polar surface area (TPSA) is 90.0 Å². The monoisotopic (exact) mass is 372 g/mol. The molecular weight excluding hydrogens is 356 g/mol. The second-order valence-corrected chi connectivity index (χ2v) is 6.17. The van der Waals surface area contributed by atoms with Gasteiger partial charge in [-0.25, -0.2) is 4.98 Å². The average Bonchev–Trinajstić information content (AvgIpc) is 3.01. The summed E-state index contributed by atoms with van der Waals surface area (Å²) in [5, 5.41) is 6.83. The van der Waals surface area contributed by atoms with Crippen molar-refractivity contribution in [1.29, 1.82) is 0 Å². The minimum absolute atomic E-state index is 0.205. The lowest BCUT2D eigenvalue weighted by atomic mass is 10.2. The second-order valence-electron chi connectivity index (χ2n) is 5.73. The van der Waals surface area contributed by atoms with Gasteiger partial charge in [-0.2, -0.15) is 0 Å². The number of nitrogens with one attached hydrogen (secondary N) is 1. The first-order chi connectivity index (χ1) is 12.5. The first kappa shape index (κ1) is 17.9. The molecule has 2 heterocycles. The van der Waals surface area contributed by atoms with Gasteiger partial charge in [-0.3, -0.25) is 14.2 Å². The van der Waals surface area contributed by atoms with E-state index in [1.54, 1.807) is 37.3 Å². The maximum atomic E-state index is 12.5. The second kappa shape index (κ2) is 7.53. The predicted octanol–water partition coefficient (Wildman–Crippen LogP) is 3.06. The Bertz CT molecular complexity index is 1010. The van der Waals surface area contributed by atoms with Crippen molar-refractivity contribution in [3.8, 4) is 11.4 Å². The van der Waals surface area contributed by atoms with Crippen LogP contribution < -0.4 is 10.9 Å². The zero-order valence-electron chi connectivity index (χ0n) is 14.3. The number of anilines is 1. The number of hydrogen-bond acceptors (Lipinski definition) is 5. The molecule has 1 N–H and O–H groups in total. The maximum Gasteiger partial charge on any atom is 0.254 e. The van der Waals surface area contributed by atoms with Crippen molar-refractivity contribution in [3.05, 3.63) is 63.2 Å². The van der Waals surface area contributed by atoms with Gasteiger partial charge in [0.25, 0.3) is 5.56 Å². The van der Waals surface area contributed by atoms with Gasteiger partial charge in [0.05, 0.1) is 0 Å². The molecule has 2 aromatic heterocycles. The van der Waals surface area contributed by atoms with Crippen LogP contribution in [0, 0.1) is 6.92 Å². The standard InChI is InChI=1S/C18H17ClN4O3/c1-3-14-9-17(25)23(10-16(24)21-15-7-11(2)26-22-15)18(20-14)12-5-4-6-13(19)8-12/h4-9H,3,10H2,1-2H3,(H,21,22,24). The molecule has 0 aliphatic heterocycles. The third-order valence-corrected chi connectivity index (χ3v) is 3.94. The Balaban J connectivity index is 1.97. The summed E-state index contributed by atoms with van der Waals surface area (Å²) in [5.41, 5.74) is 1.00. The zero-order chi connectivity index (χ0) is 18.7. The third-order valence-electron chi connectivity index (χ3n) is 3.70. The first-order valence-electron chi connectivity index (χ1n) is 8.06. The highest BCUT2D eigenvalue weighted by Gasteiger charge is 2.15. The molecular formula is C18H17ClN4O3. The smallest absolute Gasteiger partial charge is 0.254 e. The first-order valence-corrected chi connectivity index (χ1v) is 8.44. The molecule has 0 unspecified atom stereocenters. The van der Waals surface area contributed by atoms with Gasteiger partial charge in [0.1, 0.15) is 18.1 Å². The van der Waals surface area contributed by atoms with Gasteiger partial charge in [-0.1, -0.05) is 35.8 Å². The largest absolute Gasteiger partial charge is 0.360 e. The number of carbonyl (C=O) groups is 1. The van der Waals surface area contributed by atoms with Crippen LogP contribution in [0.25, 0.3) is 11.4 Å². The van der Waals surface area contributed by atoms with Crippen LogP contribution in [0.4, 0.5) is 5.82 Å². The SMILES string of the molecule is CCc1cc(=O)n(CC(=O)Nc2cc(C)on2)c(-c2cccc(Cl)c2)n1. The molecule has 26 heavy (non-hydrogen) atoms. The molecule has 0 aliphatic carbocycles. The summed E-state index contributed by atoms with van der Waals surface area (Å²) in [6.07, 6.45) is 0.605. The molecule has 0 fully saturated rings. The highest BCUT2D eigenvalue weighted by Crippen LogP contribution is 2.21. The molecule has 0 saturated carbocycles. The number of carbonyl (C=O) groups excluding carboxylic acids is 1. The molecule has 7 nitrogen and oxygen atoms in total. The maximum absolute atomic E-state index is 12.5. The lowest BCUT2D eigenvalue weighted by Gasteiger charge is -2.13. The summed E-state index contributed by atoms with van der Waals surface area (Å²) in [6.45, 7) is 3.43. The number of aryl methyl sites for hydroxylation is 2. The molecule has 3 aromatic rings. The van der Waals surface area contributed by atoms with Crippen molar-refractivity contribution in [3.63, 3.8) is 0 Å². The minimum atomic E-state index is -0.408. The van der Waals surface area contributed by atoms with E-state index in [4.69, 9.17) is 16.1 Å². The highest BCUT2D eigenvalue weighted by atomic mass is 35.5. The van der Waals surface area contributed by atoms with E-state index in [1.807, 2.05) is 6.92 Å². The summed E-state index contributed by atoms with van der Waals surface area (Å²) in [4.78, 5) is 29.4. The molecule has 0 radical (unpaired) electrons. The summed E-state index contributed by atoms with van der Waals surface area (Å²) < 4.78 is 6.23. The summed E-state index contributed by atoms with van der Waals surface area (Å²) >= 11 is 6.06. The molecule has 1 aromatic carbocycles. The van der Waals surface area contributed by atoms with Crippen LogP contribution in [0.2, 0.25) is 5.02 Å². The van der Waals surface area contributed by atoms with E-state index in [0.29, 0.717) is 40.1 Å². The Morgan fingerprint density at radius 1 is 1.31 bits per heavy atom. The average molecular weight is 373 g/mol. The predicted molar refractivity (Wildman–Crippen MR) is 98.2 cm³/mol. The van der Waals surface area contributed by atoms with Crippen molar-refractivity contribution in [2.45, 2.75) is 26.8 Å². The summed E-state index contributed by atoms with van der Waals surface area (Å²) in [7, 11) is 0. The van der Waals surface area contributed by atoms with Crippen LogP contribution in [0.1, 0.15) is 18.4 Å². The van der Waals surface area contributed by atoms with E-state index in [9.17, 15) is 9.59 Å². The Labute approximate surface area is 154 Å². The number of aromatic nitrogens is 3. The molecule has 0 spiro atoms. The van der Waals surface area contributed by atoms with Crippen LogP contribution in [0.3, 0.4) is 0 Å². The van der Waals surface area contributed by atoms with Crippen molar-refractivity contribution in [2.75, 3.05) is 5.32 Å². The van der Waals surface area contributed by atoms with E-state index in [0.717, 1.165) is 0 Å². The van der Waals surface area contributed by atoms with Gasteiger partial charge >= 0.3 is 0 Å². The molecule has 0 atom stereocenters. The van der Waals surface area contributed by atoms with Gasteiger partial charge in [-0.15, -0.1) is 0 Å². The molecule has 1 amide bonds. The van der Waals surface area contributed by atoms with Crippen LogP contribution >= 0.6 is 11.6 Å². The molecule has 8 heteroatoms. The number of nitrogens with zero attached hydrogens (tertiary/aromatic N) is 3. The number of amides is 1. The van der Waals surface area contributed by atoms with Crippen molar-refractivity contribution in [2.24, 2.45) is 0 Å². The van der Waals surface area contributed by atoms with Crippen molar-refractivity contribution >= 4 is 23.3 Å². The van der Waals surface area contributed by atoms with Gasteiger partial charge in [-0.05, 0) is 25.5 Å². The van der Waals surface area contributed by atoms with E-state index < -0.39 is 5.91 Å². The van der Waals surface area contributed by atoms with E-state index in [1.165, 1.54) is 10.6 Å². The molecule has 0 bridgehead atoms. The number of halogens is 1. The van der Waals surface area contributed by atoms with Crippen LogP contribution in [-0.4, -0.2) is 20.6 Å². The lowest BCUT2D eigenvalue weighted by Crippen LogP contribution is -2.30. The Morgan fingerprint density at radius 3 is 2.77 bits per heavy atom. The summed E-state index contributed by atoms with van der Waals surface area (Å²) in [5.74, 6) is 0.854. The fourth-order valence-corrected chi connectivity index (χ4v) is 2.68. The number of benzene rings is 1. The highest BCUT2D eigenvalue weighted by molar-refractivity contribution is 6.30. The molecule has 134 valence electrons. The Morgan fingerprint density at radius 2 is 2.12 bits per heavy atom. The van der Waals surface area contributed by atoms with Crippen molar-refractivity contribution < 1.29 is 9.32 Å². The molecule has 0 aliphatic rings. The molecule has 3 rings (SSSR count). The van der Waals surface area contributed by atoms with Crippen LogP contribution in [0.5, 0.6) is 0 Å². The summed E-state index contributed by atoms with van der Waals surface area (Å²) in [6, 6.07) is 10.0. The van der Waals surface area contributed by atoms with E-state index in [-0.39, 0.29) is 12.1 Å². The zero-order valence-corrected chi connectivity index (χ0v) is 15.1. The van der Waals surface area contributed by atoms with Gasteiger partial charge < -0.3 is 9.84 Å². The number of hydrogen-bond donors (Lipinski definition) is 1. The van der Waals surface area contributed by atoms with Gasteiger partial charge in [0.2, 0.25) is 5.91 Å². The van der Waals surface area contributed by atoms with E-state index >= 15 is 0 Å². The van der Waals surface area contributed by atoms with Gasteiger partial charge in [0.15, 0.2) is 5.82 Å². The van der Waals surface area contributed by atoms with Gasteiger partial charge in [0, 0.05) is 28.4 Å². The van der Waals surface area contributed by atoms with E-state index in [2.05, 4.69) is 15.5 Å². The fourth-order valence-electron chi connectivity index (χ4n) is 2.49. The van der Waals surface area contributed by atoms with Crippen molar-refractivity contribution in [1.82, 2.24) is 14.7 Å². The van der Waals surface area contributed by atoms with Crippen LogP contribution in [0.15, 0.2) is 45.7 Å². The number of rotatable bonds is 5. The minimum Gasteiger partial charge on any atom is -0.360 e. The quantitative estimate of drug-likeness (QED) is 0.743. The third kappa shape index (κ3) is 4.00. The Kier molecular flexibility index (Phi) is 5.18. The normalized spacial score (nSPS) is 10.7. The molecule has 0 saturated heterocycles. The fraction of sp³-hybridized carbons (Fsp3) is 0.222.